The molecule has 2 aromatic carbocycles. The molecule has 4 rings (SSSR count). The molecule has 1 unspecified atom stereocenters. The Hall–Kier alpha value is -3.72. The molecule has 2 N–H and O–H groups in total. The summed E-state index contributed by atoms with van der Waals surface area (Å²) < 4.78 is 11.2. The van der Waals surface area contributed by atoms with Gasteiger partial charge in [0.2, 0.25) is 11.7 Å². The van der Waals surface area contributed by atoms with Crippen molar-refractivity contribution in [1.29, 1.82) is 0 Å². The quantitative estimate of drug-likeness (QED) is 0.542. The zero-order chi connectivity index (χ0) is 23.0. The summed E-state index contributed by atoms with van der Waals surface area (Å²) >= 11 is 0. The van der Waals surface area contributed by atoms with Gasteiger partial charge >= 0.3 is 0 Å². The highest BCUT2D eigenvalue weighted by Gasteiger charge is 2.32. The van der Waals surface area contributed by atoms with Crippen LogP contribution < -0.4 is 10.1 Å². The fourth-order valence-electron chi connectivity index (χ4n) is 3.79. The SMILES string of the molecule is O=C(NCCO)c1cccc(-c2noc(C3CCCCN3C(=O)COc3ccccc3)n2)c1. The van der Waals surface area contributed by atoms with E-state index in [0.29, 0.717) is 35.1 Å². The topological polar surface area (TPSA) is 118 Å². The van der Waals surface area contributed by atoms with E-state index in [9.17, 15) is 9.59 Å². The standard InChI is InChI=1S/C24H26N4O5/c29-14-12-25-23(31)18-8-6-7-17(15-18)22-26-24(33-27-22)20-11-4-5-13-28(20)21(30)16-32-19-9-2-1-3-10-19/h1-3,6-10,15,20,29H,4-5,11-14,16H2,(H,25,31). The van der Waals surface area contributed by atoms with E-state index < -0.39 is 0 Å². The molecule has 3 aromatic rings. The number of para-hydroxylation sites is 1. The minimum absolute atomic E-state index is 0.0630. The number of hydrogen-bond acceptors (Lipinski definition) is 7. The summed E-state index contributed by atoms with van der Waals surface area (Å²) in [7, 11) is 0. The van der Waals surface area contributed by atoms with Crippen LogP contribution in [0.15, 0.2) is 59.1 Å². The van der Waals surface area contributed by atoms with Crippen molar-refractivity contribution in [1.82, 2.24) is 20.4 Å². The Balaban J connectivity index is 1.47. The number of carbonyl (C=O) groups is 2. The minimum atomic E-state index is -0.317. The summed E-state index contributed by atoms with van der Waals surface area (Å²) in [5.74, 6) is 0.929. The van der Waals surface area contributed by atoms with E-state index in [2.05, 4.69) is 15.5 Å². The van der Waals surface area contributed by atoms with Crippen LogP contribution in [0.3, 0.4) is 0 Å². The number of likely N-dealkylation sites (tertiary alicyclic amines) is 1. The Morgan fingerprint density at radius 2 is 2.00 bits per heavy atom. The fourth-order valence-corrected chi connectivity index (χ4v) is 3.79. The Kier molecular flexibility index (Phi) is 7.31. The first-order valence-electron chi connectivity index (χ1n) is 11.0. The zero-order valence-electron chi connectivity index (χ0n) is 18.1. The third kappa shape index (κ3) is 5.56. The number of aliphatic hydroxyl groups is 1. The van der Waals surface area contributed by atoms with Crippen molar-refractivity contribution in [2.24, 2.45) is 0 Å². The molecule has 1 fully saturated rings. The zero-order valence-corrected chi connectivity index (χ0v) is 18.1. The predicted octanol–water partition coefficient (Wildman–Crippen LogP) is 2.59. The summed E-state index contributed by atoms with van der Waals surface area (Å²) in [6, 6.07) is 15.8. The largest absolute Gasteiger partial charge is 0.484 e. The van der Waals surface area contributed by atoms with Crippen molar-refractivity contribution in [2.45, 2.75) is 25.3 Å². The summed E-state index contributed by atoms with van der Waals surface area (Å²) in [4.78, 5) is 31.3. The number of benzene rings is 2. The first kappa shape index (κ1) is 22.5. The number of carbonyl (C=O) groups excluding carboxylic acids is 2. The van der Waals surface area contributed by atoms with Gasteiger partial charge in [-0.05, 0) is 43.5 Å². The molecule has 0 spiro atoms. The maximum atomic E-state index is 12.9. The van der Waals surface area contributed by atoms with E-state index in [4.69, 9.17) is 14.4 Å². The average Bonchev–Trinajstić information content (AvgIpc) is 3.37. The molecule has 33 heavy (non-hydrogen) atoms. The predicted molar refractivity (Wildman–Crippen MR) is 119 cm³/mol. The van der Waals surface area contributed by atoms with Gasteiger partial charge in [0.25, 0.3) is 11.8 Å². The number of hydrogen-bond donors (Lipinski definition) is 2. The number of rotatable bonds is 8. The van der Waals surface area contributed by atoms with Gasteiger partial charge in [-0.3, -0.25) is 9.59 Å². The third-order valence-electron chi connectivity index (χ3n) is 5.44. The van der Waals surface area contributed by atoms with Gasteiger partial charge < -0.3 is 24.6 Å². The van der Waals surface area contributed by atoms with Gasteiger partial charge in [-0.1, -0.05) is 35.5 Å². The van der Waals surface area contributed by atoms with Gasteiger partial charge in [-0.15, -0.1) is 0 Å². The van der Waals surface area contributed by atoms with Crippen LogP contribution in [0.5, 0.6) is 5.75 Å². The highest BCUT2D eigenvalue weighted by molar-refractivity contribution is 5.95. The number of piperidine rings is 1. The molecule has 1 saturated heterocycles. The van der Waals surface area contributed by atoms with Crippen LogP contribution in [0.25, 0.3) is 11.4 Å². The maximum Gasteiger partial charge on any atom is 0.261 e. The van der Waals surface area contributed by atoms with Crippen molar-refractivity contribution in [2.75, 3.05) is 26.3 Å². The Morgan fingerprint density at radius 3 is 2.82 bits per heavy atom. The Morgan fingerprint density at radius 1 is 1.15 bits per heavy atom. The number of nitrogens with one attached hydrogen (secondary N) is 1. The van der Waals surface area contributed by atoms with Crippen molar-refractivity contribution in [3.8, 4) is 17.1 Å². The number of amides is 2. The lowest BCUT2D eigenvalue weighted by Crippen LogP contribution is -2.41. The molecule has 1 atom stereocenters. The second-order valence-electron chi connectivity index (χ2n) is 7.72. The van der Waals surface area contributed by atoms with Crippen LogP contribution in [0.2, 0.25) is 0 Å². The molecule has 9 heteroatoms. The smallest absolute Gasteiger partial charge is 0.261 e. The molecule has 2 amide bonds. The third-order valence-corrected chi connectivity index (χ3v) is 5.44. The van der Waals surface area contributed by atoms with Crippen LogP contribution >= 0.6 is 0 Å². The minimum Gasteiger partial charge on any atom is -0.484 e. The molecule has 0 aliphatic carbocycles. The van der Waals surface area contributed by atoms with Gasteiger partial charge in [0.05, 0.1) is 6.61 Å². The monoisotopic (exact) mass is 450 g/mol. The van der Waals surface area contributed by atoms with Gasteiger partial charge in [-0.2, -0.15) is 4.98 Å². The summed E-state index contributed by atoms with van der Waals surface area (Å²) in [5.41, 5.74) is 1.06. The molecule has 9 nitrogen and oxygen atoms in total. The van der Waals surface area contributed by atoms with E-state index in [-0.39, 0.29) is 37.6 Å². The number of aliphatic hydroxyl groups excluding tert-OH is 1. The lowest BCUT2D eigenvalue weighted by Gasteiger charge is -2.33. The van der Waals surface area contributed by atoms with Crippen molar-refractivity contribution >= 4 is 11.8 Å². The Labute approximate surface area is 191 Å². The van der Waals surface area contributed by atoms with Crippen LogP contribution in [0.4, 0.5) is 0 Å². The number of aromatic nitrogens is 2. The second-order valence-corrected chi connectivity index (χ2v) is 7.72. The lowest BCUT2D eigenvalue weighted by atomic mass is 10.0. The van der Waals surface area contributed by atoms with Crippen molar-refractivity contribution in [3.05, 3.63) is 66.1 Å². The molecular formula is C24H26N4O5. The fraction of sp³-hybridized carbons (Fsp3) is 0.333. The van der Waals surface area contributed by atoms with Crippen LogP contribution in [-0.4, -0.2) is 58.3 Å². The highest BCUT2D eigenvalue weighted by atomic mass is 16.5. The average molecular weight is 450 g/mol. The van der Waals surface area contributed by atoms with Crippen molar-refractivity contribution in [3.63, 3.8) is 0 Å². The molecule has 1 aliphatic rings. The van der Waals surface area contributed by atoms with Gasteiger partial charge in [-0.25, -0.2) is 0 Å². The van der Waals surface area contributed by atoms with Crippen LogP contribution in [-0.2, 0) is 4.79 Å². The van der Waals surface area contributed by atoms with E-state index in [1.165, 1.54) is 0 Å². The summed E-state index contributed by atoms with van der Waals surface area (Å²) in [6.45, 7) is 0.577. The van der Waals surface area contributed by atoms with E-state index in [1.54, 1.807) is 29.2 Å². The molecule has 1 aromatic heterocycles. The van der Waals surface area contributed by atoms with Gasteiger partial charge in [0.1, 0.15) is 11.8 Å². The molecule has 1 aliphatic heterocycles. The van der Waals surface area contributed by atoms with Crippen LogP contribution in [0, 0.1) is 0 Å². The van der Waals surface area contributed by atoms with Crippen molar-refractivity contribution < 1.29 is 24.0 Å². The Bertz CT molecular complexity index is 1090. The normalized spacial score (nSPS) is 15.8. The molecule has 2 heterocycles. The van der Waals surface area contributed by atoms with E-state index in [0.717, 1.165) is 19.3 Å². The molecule has 0 bridgehead atoms. The molecule has 172 valence electrons. The second kappa shape index (κ2) is 10.7. The first-order chi connectivity index (χ1) is 16.2. The van der Waals surface area contributed by atoms with E-state index in [1.807, 2.05) is 30.3 Å². The van der Waals surface area contributed by atoms with Gasteiger partial charge in [0.15, 0.2) is 6.61 Å². The van der Waals surface area contributed by atoms with E-state index >= 15 is 0 Å². The van der Waals surface area contributed by atoms with Gasteiger partial charge in [0, 0.05) is 24.2 Å². The maximum absolute atomic E-state index is 12.9. The summed E-state index contributed by atoms with van der Waals surface area (Å²) in [6.07, 6.45) is 2.58. The van der Waals surface area contributed by atoms with Crippen LogP contribution in [0.1, 0.15) is 41.6 Å². The lowest BCUT2D eigenvalue weighted by molar-refractivity contribution is -0.138. The molecular weight excluding hydrogens is 424 g/mol. The molecule has 0 radical (unpaired) electrons. The highest BCUT2D eigenvalue weighted by Crippen LogP contribution is 2.31. The summed E-state index contributed by atoms with van der Waals surface area (Å²) in [5, 5.41) is 15.6. The number of ether oxygens (including phenoxy) is 1. The molecule has 0 saturated carbocycles. The number of nitrogens with zero attached hydrogens (tertiary/aromatic N) is 3. The first-order valence-corrected chi connectivity index (χ1v) is 11.0.